The molecule has 3 rings (SSSR count). The molecule has 0 atom stereocenters. The number of alkyl halides is 3. The van der Waals surface area contributed by atoms with Gasteiger partial charge in [0.05, 0.1) is 11.0 Å². The molecule has 0 radical (unpaired) electrons. The van der Waals surface area contributed by atoms with Crippen LogP contribution >= 0.6 is 0 Å². The average Bonchev–Trinajstić information content (AvgIpc) is 2.99. The number of fused-ring (bicyclic) bond motifs is 1. The molecule has 0 saturated heterocycles. The maximum Gasteiger partial charge on any atom is 0.420 e. The van der Waals surface area contributed by atoms with Gasteiger partial charge in [0.25, 0.3) is 0 Å². The zero-order valence-corrected chi connectivity index (χ0v) is 15.4. The Balaban J connectivity index is 2.32. The lowest BCUT2D eigenvalue weighted by atomic mass is 10.1. The largest absolute Gasteiger partial charge is 0.457 e. The quantitative estimate of drug-likeness (QED) is 0.658. The number of nitrogens with zero attached hydrogens (tertiary/aromatic N) is 4. The minimum absolute atomic E-state index is 0.124. The van der Waals surface area contributed by atoms with Crippen LogP contribution in [0.3, 0.4) is 0 Å². The first-order valence-electron chi connectivity index (χ1n) is 7.75. The van der Waals surface area contributed by atoms with Crippen molar-refractivity contribution < 1.29 is 26.3 Å². The maximum absolute atomic E-state index is 13.6. The fourth-order valence-electron chi connectivity index (χ4n) is 2.47. The smallest absolute Gasteiger partial charge is 0.420 e. The number of ether oxygens (including phenoxy) is 1. The van der Waals surface area contributed by atoms with Gasteiger partial charge in [0.2, 0.25) is 5.82 Å². The number of nitriles is 1. The molecule has 0 fully saturated rings. The van der Waals surface area contributed by atoms with E-state index in [4.69, 9.17) is 4.74 Å². The summed E-state index contributed by atoms with van der Waals surface area (Å²) in [5.41, 5.74) is -1.69. The summed E-state index contributed by atoms with van der Waals surface area (Å²) in [6.45, 7) is 0. The van der Waals surface area contributed by atoms with E-state index in [0.29, 0.717) is 10.0 Å². The molecule has 0 N–H and O–H groups in total. The number of hydrogen-bond acceptors (Lipinski definition) is 5. The van der Waals surface area contributed by atoms with Gasteiger partial charge in [0.15, 0.2) is 0 Å². The van der Waals surface area contributed by atoms with E-state index >= 15 is 0 Å². The lowest BCUT2D eigenvalue weighted by Gasteiger charge is -2.16. The predicted molar refractivity (Wildman–Crippen MR) is 94.0 cm³/mol. The van der Waals surface area contributed by atoms with Crippen LogP contribution < -0.4 is 4.74 Å². The summed E-state index contributed by atoms with van der Waals surface area (Å²) in [6.07, 6.45) is -4.83. The van der Waals surface area contributed by atoms with E-state index in [0.717, 1.165) is 10.4 Å². The van der Waals surface area contributed by atoms with E-state index in [9.17, 15) is 26.9 Å². The number of imidazole rings is 1. The van der Waals surface area contributed by atoms with E-state index in [-0.39, 0.29) is 16.8 Å². The highest BCUT2D eigenvalue weighted by Crippen LogP contribution is 2.41. The molecule has 0 spiro atoms. The second kappa shape index (κ2) is 6.81. The van der Waals surface area contributed by atoms with Crippen LogP contribution in [0.5, 0.6) is 11.5 Å². The number of benzene rings is 2. The predicted octanol–water partition coefficient (Wildman–Crippen LogP) is 3.37. The Morgan fingerprint density at radius 3 is 2.36 bits per heavy atom. The topological polar surface area (TPSA) is 88.2 Å². The van der Waals surface area contributed by atoms with Gasteiger partial charge in [0.1, 0.15) is 23.1 Å². The van der Waals surface area contributed by atoms with Crippen molar-refractivity contribution in [1.29, 1.82) is 5.26 Å². The zero-order chi connectivity index (χ0) is 20.7. The highest BCUT2D eigenvalue weighted by Gasteiger charge is 2.37. The molecular weight excluding hydrogens is 397 g/mol. The van der Waals surface area contributed by atoms with Crippen LogP contribution in [-0.2, 0) is 16.4 Å². The van der Waals surface area contributed by atoms with Crippen molar-refractivity contribution in [2.75, 3.05) is 14.1 Å². The molecule has 11 heteroatoms. The lowest BCUT2D eigenvalue weighted by molar-refractivity contribution is -0.138. The van der Waals surface area contributed by atoms with E-state index in [2.05, 4.69) is 4.98 Å². The summed E-state index contributed by atoms with van der Waals surface area (Å²) in [5, 5.41) is 9.23. The molecule has 0 saturated carbocycles. The minimum atomic E-state index is -4.83. The first-order chi connectivity index (χ1) is 13.1. The Kier molecular flexibility index (Phi) is 4.78. The summed E-state index contributed by atoms with van der Waals surface area (Å²) >= 11 is 0. The number of hydrogen-bond donors (Lipinski definition) is 0. The van der Waals surface area contributed by atoms with Gasteiger partial charge in [-0.3, -0.25) is 0 Å². The third kappa shape index (κ3) is 3.39. The SMILES string of the molecule is CN(C)S(=O)(=O)n1c(C#N)nc2cc(Oc3ccccc3)c(C(F)(F)F)cc21. The molecular formula is C17H13F3N4O3S. The van der Waals surface area contributed by atoms with Crippen molar-refractivity contribution in [3.05, 3.63) is 53.9 Å². The first-order valence-corrected chi connectivity index (χ1v) is 9.15. The van der Waals surface area contributed by atoms with Crippen LogP contribution in [0.25, 0.3) is 11.0 Å². The third-order valence-electron chi connectivity index (χ3n) is 3.78. The van der Waals surface area contributed by atoms with Crippen molar-refractivity contribution in [2.45, 2.75) is 6.18 Å². The van der Waals surface area contributed by atoms with Crippen molar-refractivity contribution in [1.82, 2.24) is 13.3 Å². The molecule has 0 aliphatic rings. The second-order valence-corrected chi connectivity index (χ2v) is 7.84. The van der Waals surface area contributed by atoms with Crippen LogP contribution in [0.2, 0.25) is 0 Å². The number of para-hydroxylation sites is 1. The summed E-state index contributed by atoms with van der Waals surface area (Å²) in [6, 6.07) is 11.0. The van der Waals surface area contributed by atoms with Crippen molar-refractivity contribution in [3.63, 3.8) is 0 Å². The number of halogens is 3. The first kappa shape index (κ1) is 19.7. The molecule has 0 aliphatic carbocycles. The third-order valence-corrected chi connectivity index (χ3v) is 5.54. The van der Waals surface area contributed by atoms with Gasteiger partial charge < -0.3 is 4.74 Å². The fourth-order valence-corrected chi connectivity index (χ4v) is 3.49. The number of aromatic nitrogens is 2. The zero-order valence-electron chi connectivity index (χ0n) is 14.6. The second-order valence-electron chi connectivity index (χ2n) is 5.85. The van der Waals surface area contributed by atoms with Crippen molar-refractivity contribution in [3.8, 4) is 17.6 Å². The number of rotatable bonds is 4. The van der Waals surface area contributed by atoms with Crippen LogP contribution in [0.1, 0.15) is 11.4 Å². The Morgan fingerprint density at radius 1 is 1.18 bits per heavy atom. The minimum Gasteiger partial charge on any atom is -0.457 e. The molecule has 0 aliphatic heterocycles. The molecule has 146 valence electrons. The highest BCUT2D eigenvalue weighted by atomic mass is 32.2. The Morgan fingerprint density at radius 2 is 1.82 bits per heavy atom. The van der Waals surface area contributed by atoms with Gasteiger partial charge in [-0.25, -0.2) is 4.98 Å². The molecule has 28 heavy (non-hydrogen) atoms. The molecule has 3 aromatic rings. The van der Waals surface area contributed by atoms with Crippen LogP contribution in [-0.4, -0.2) is 35.8 Å². The van der Waals surface area contributed by atoms with Crippen LogP contribution in [0, 0.1) is 11.3 Å². The Hall–Kier alpha value is -3.10. The van der Waals surface area contributed by atoms with Gasteiger partial charge >= 0.3 is 16.4 Å². The standard InChI is InChI=1S/C17H13F3N4O3S/c1-23(2)28(25,26)24-14-8-12(17(18,19)20)15(9-13(14)22-16(24)10-21)27-11-6-4-3-5-7-11/h3-9H,1-2H3. The van der Waals surface area contributed by atoms with Gasteiger partial charge in [-0.1, -0.05) is 18.2 Å². The van der Waals surface area contributed by atoms with Crippen LogP contribution in [0.15, 0.2) is 42.5 Å². The molecule has 2 aromatic carbocycles. The van der Waals surface area contributed by atoms with Crippen molar-refractivity contribution >= 4 is 21.2 Å². The maximum atomic E-state index is 13.6. The van der Waals surface area contributed by atoms with Crippen molar-refractivity contribution in [2.24, 2.45) is 0 Å². The summed E-state index contributed by atoms with van der Waals surface area (Å²) < 4.78 is 72.5. The molecule has 0 unspecified atom stereocenters. The molecule has 1 aromatic heterocycles. The van der Waals surface area contributed by atoms with E-state index < -0.39 is 33.5 Å². The normalized spacial score (nSPS) is 12.3. The van der Waals surface area contributed by atoms with Crippen LogP contribution in [0.4, 0.5) is 13.2 Å². The lowest BCUT2D eigenvalue weighted by Crippen LogP contribution is -2.29. The van der Waals surface area contributed by atoms with Gasteiger partial charge in [0, 0.05) is 20.2 Å². The molecule has 7 nitrogen and oxygen atoms in total. The van der Waals surface area contributed by atoms with Gasteiger partial charge in [-0.2, -0.15) is 35.1 Å². The van der Waals surface area contributed by atoms with E-state index in [1.807, 2.05) is 0 Å². The fraction of sp³-hybridized carbons (Fsp3) is 0.176. The molecule has 0 bridgehead atoms. The summed E-state index contributed by atoms with van der Waals surface area (Å²) in [7, 11) is -1.89. The molecule has 0 amide bonds. The highest BCUT2D eigenvalue weighted by molar-refractivity contribution is 7.87. The van der Waals surface area contributed by atoms with E-state index in [1.54, 1.807) is 24.3 Å². The van der Waals surface area contributed by atoms with E-state index in [1.165, 1.54) is 26.2 Å². The average molecular weight is 410 g/mol. The summed E-state index contributed by atoms with van der Waals surface area (Å²) in [5.74, 6) is -0.954. The molecule has 1 heterocycles. The monoisotopic (exact) mass is 410 g/mol. The summed E-state index contributed by atoms with van der Waals surface area (Å²) in [4.78, 5) is 3.85. The van der Waals surface area contributed by atoms with Gasteiger partial charge in [-0.05, 0) is 18.2 Å². The Bertz CT molecular complexity index is 1180. The Labute approximate surface area is 158 Å². The van der Waals surface area contributed by atoms with Gasteiger partial charge in [-0.15, -0.1) is 0 Å².